The van der Waals surface area contributed by atoms with Crippen LogP contribution in [0.4, 0.5) is 32.0 Å². The molecule has 2 heterocycles. The molecular formula is C28H28F6N4O2. The molecule has 1 aliphatic heterocycles. The van der Waals surface area contributed by atoms with Gasteiger partial charge in [0.05, 0.1) is 22.7 Å². The molecule has 1 aliphatic carbocycles. The molecular weight excluding hydrogens is 538 g/mol. The Labute approximate surface area is 226 Å². The minimum absolute atomic E-state index is 0.00711. The number of halogens is 6. The van der Waals surface area contributed by atoms with Crippen LogP contribution in [0.5, 0.6) is 0 Å². The number of anilines is 1. The molecule has 2 aromatic carbocycles. The number of aryl methyl sites for hydroxylation is 1. The van der Waals surface area contributed by atoms with Gasteiger partial charge in [0, 0.05) is 61.6 Å². The second kappa shape index (κ2) is 10.9. The Bertz CT molecular complexity index is 1370. The van der Waals surface area contributed by atoms with E-state index in [4.69, 9.17) is 4.98 Å². The van der Waals surface area contributed by atoms with E-state index in [-0.39, 0.29) is 25.7 Å². The Morgan fingerprint density at radius 1 is 0.950 bits per heavy atom. The number of nitrogens with one attached hydrogen (secondary N) is 1. The van der Waals surface area contributed by atoms with Gasteiger partial charge >= 0.3 is 12.4 Å². The van der Waals surface area contributed by atoms with Crippen LogP contribution >= 0.6 is 0 Å². The second-order valence-electron chi connectivity index (χ2n) is 10.2. The Hall–Kier alpha value is -3.38. The lowest BCUT2D eigenvalue weighted by Gasteiger charge is -2.36. The first-order valence-electron chi connectivity index (χ1n) is 13.0. The Kier molecular flexibility index (Phi) is 7.66. The highest BCUT2D eigenvalue weighted by Gasteiger charge is 2.38. The number of amides is 1. The monoisotopic (exact) mass is 566 g/mol. The number of aromatic nitrogens is 1. The van der Waals surface area contributed by atoms with Gasteiger partial charge in [0.15, 0.2) is 0 Å². The Balaban J connectivity index is 1.19. The first kappa shape index (κ1) is 28.2. The molecule has 5 rings (SSSR count). The summed E-state index contributed by atoms with van der Waals surface area (Å²) in [7, 11) is 0. The quantitative estimate of drug-likeness (QED) is 0.412. The number of nitrogens with zero attached hydrogens (tertiary/aromatic N) is 3. The van der Waals surface area contributed by atoms with Gasteiger partial charge in [0.2, 0.25) is 0 Å². The number of aliphatic hydroxyl groups excluding tert-OH is 1. The number of benzene rings is 2. The minimum atomic E-state index is -5.03. The van der Waals surface area contributed by atoms with E-state index in [1.807, 2.05) is 29.2 Å². The van der Waals surface area contributed by atoms with Gasteiger partial charge in [0.1, 0.15) is 0 Å². The number of carbonyl (C=O) groups excluding carboxylic acids is 1. The summed E-state index contributed by atoms with van der Waals surface area (Å²) in [6, 6.07) is 8.75. The third-order valence-corrected chi connectivity index (χ3v) is 7.40. The van der Waals surface area contributed by atoms with Crippen molar-refractivity contribution in [1.82, 2.24) is 14.8 Å². The largest absolute Gasteiger partial charge is 0.416 e. The van der Waals surface area contributed by atoms with E-state index >= 15 is 0 Å². The van der Waals surface area contributed by atoms with Crippen molar-refractivity contribution < 1.29 is 36.2 Å². The average Bonchev–Trinajstić information content (AvgIpc) is 3.38. The molecule has 0 radical (unpaired) electrons. The normalized spacial score (nSPS) is 17.2. The number of rotatable bonds is 6. The van der Waals surface area contributed by atoms with Crippen molar-refractivity contribution in [3.8, 4) is 0 Å². The van der Waals surface area contributed by atoms with Gasteiger partial charge in [0.25, 0.3) is 5.91 Å². The van der Waals surface area contributed by atoms with Crippen LogP contribution in [-0.4, -0.2) is 71.2 Å². The summed E-state index contributed by atoms with van der Waals surface area (Å²) >= 11 is 0. The molecule has 0 spiro atoms. The van der Waals surface area contributed by atoms with Gasteiger partial charge in [-0.2, -0.15) is 26.3 Å². The number of piperazine rings is 1. The first-order valence-corrected chi connectivity index (χ1v) is 13.0. The average molecular weight is 567 g/mol. The molecule has 1 atom stereocenters. The van der Waals surface area contributed by atoms with E-state index in [2.05, 4.69) is 5.32 Å². The molecule has 214 valence electrons. The number of para-hydroxylation sites is 1. The molecule has 6 nitrogen and oxygen atoms in total. The molecule has 1 aromatic heterocycles. The highest BCUT2D eigenvalue weighted by atomic mass is 19.4. The molecule has 0 bridgehead atoms. The van der Waals surface area contributed by atoms with Crippen LogP contribution in [0, 0.1) is 0 Å². The van der Waals surface area contributed by atoms with Crippen molar-refractivity contribution in [3.05, 3.63) is 70.4 Å². The summed E-state index contributed by atoms with van der Waals surface area (Å²) in [6.07, 6.45) is -7.94. The van der Waals surface area contributed by atoms with Crippen molar-refractivity contribution in [3.63, 3.8) is 0 Å². The van der Waals surface area contributed by atoms with Gasteiger partial charge in [-0.25, -0.2) is 0 Å². The van der Waals surface area contributed by atoms with Gasteiger partial charge in [-0.1, -0.05) is 18.2 Å². The number of β-amino-alcohol motifs (C(OH)–C–C–N with tert-alkyl or cyclic N) is 1. The predicted molar refractivity (Wildman–Crippen MR) is 137 cm³/mol. The Morgan fingerprint density at radius 2 is 1.60 bits per heavy atom. The second-order valence-corrected chi connectivity index (χ2v) is 10.2. The van der Waals surface area contributed by atoms with E-state index < -0.39 is 41.1 Å². The maximum atomic E-state index is 13.2. The number of alkyl halides is 6. The zero-order valence-electron chi connectivity index (χ0n) is 21.4. The minimum Gasteiger partial charge on any atom is -0.390 e. The number of pyridine rings is 1. The zero-order chi connectivity index (χ0) is 28.7. The lowest BCUT2D eigenvalue weighted by molar-refractivity contribution is -0.143. The van der Waals surface area contributed by atoms with Crippen LogP contribution < -0.4 is 5.32 Å². The van der Waals surface area contributed by atoms with E-state index in [1.54, 1.807) is 0 Å². The number of fused-ring (bicyclic) bond motifs is 2. The summed E-state index contributed by atoms with van der Waals surface area (Å²) in [5, 5.41) is 15.1. The van der Waals surface area contributed by atoms with Crippen molar-refractivity contribution in [2.24, 2.45) is 0 Å². The molecule has 1 unspecified atom stereocenters. The molecule has 0 saturated carbocycles. The van der Waals surface area contributed by atoms with Crippen molar-refractivity contribution in [2.45, 2.75) is 37.7 Å². The van der Waals surface area contributed by atoms with Crippen LogP contribution in [-0.2, 0) is 25.2 Å². The number of hydrogen-bond acceptors (Lipinski definition) is 5. The van der Waals surface area contributed by atoms with E-state index in [1.165, 1.54) is 10.5 Å². The maximum Gasteiger partial charge on any atom is 0.416 e. The fraction of sp³-hybridized carbons (Fsp3) is 0.429. The van der Waals surface area contributed by atoms with Crippen LogP contribution in [0.25, 0.3) is 10.9 Å². The smallest absolute Gasteiger partial charge is 0.390 e. The highest BCUT2D eigenvalue weighted by Crippen LogP contribution is 2.37. The van der Waals surface area contributed by atoms with Gasteiger partial charge in [-0.05, 0) is 49.1 Å². The fourth-order valence-corrected chi connectivity index (χ4v) is 5.39. The van der Waals surface area contributed by atoms with Crippen LogP contribution in [0.2, 0.25) is 0 Å². The molecule has 2 N–H and O–H groups in total. The van der Waals surface area contributed by atoms with Gasteiger partial charge < -0.3 is 15.3 Å². The fourth-order valence-electron chi connectivity index (χ4n) is 5.39. The predicted octanol–water partition coefficient (Wildman–Crippen LogP) is 4.99. The summed E-state index contributed by atoms with van der Waals surface area (Å²) < 4.78 is 79.2. The molecule has 12 heteroatoms. The summed E-state index contributed by atoms with van der Waals surface area (Å²) in [5.41, 5.74) is 0.411. The maximum absolute atomic E-state index is 13.2. The van der Waals surface area contributed by atoms with Crippen molar-refractivity contribution >= 4 is 22.5 Å². The van der Waals surface area contributed by atoms with E-state index in [0.29, 0.717) is 31.8 Å². The topological polar surface area (TPSA) is 68.7 Å². The first-order chi connectivity index (χ1) is 18.9. The summed E-state index contributed by atoms with van der Waals surface area (Å²) in [5.74, 6) is -0.892. The third-order valence-electron chi connectivity index (χ3n) is 7.40. The third kappa shape index (κ3) is 6.02. The lowest BCUT2D eigenvalue weighted by Crippen LogP contribution is -2.51. The van der Waals surface area contributed by atoms with Crippen LogP contribution in [0.1, 0.15) is 39.2 Å². The van der Waals surface area contributed by atoms with Crippen molar-refractivity contribution in [2.75, 3.05) is 44.6 Å². The SMILES string of the molecule is O=C(c1cc(C(F)(F)F)cc(C(F)(F)F)c1)N1CCN(CC(O)CNc2c3c(nc4ccccc24)CCC3)CC1. The molecule has 1 fully saturated rings. The van der Waals surface area contributed by atoms with Crippen LogP contribution in [0.15, 0.2) is 42.5 Å². The molecule has 3 aromatic rings. The molecule has 2 aliphatic rings. The number of aliphatic hydroxyl groups is 1. The lowest BCUT2D eigenvalue weighted by atomic mass is 10.0. The number of carbonyl (C=O) groups is 1. The molecule has 1 saturated heterocycles. The zero-order valence-corrected chi connectivity index (χ0v) is 21.4. The standard InChI is InChI=1S/C28H28F6N4O2/c29-27(30,31)18-12-17(13-19(14-18)28(32,33)34)26(40)38-10-8-37(9-11-38)16-20(39)15-35-25-21-4-1-2-6-23(21)36-24-7-3-5-22(24)25/h1-2,4,6,12-14,20,39H,3,5,7-11,15-16H2,(H,35,36). The Morgan fingerprint density at radius 3 is 2.25 bits per heavy atom. The van der Waals surface area contributed by atoms with Gasteiger partial charge in [-0.15, -0.1) is 0 Å². The van der Waals surface area contributed by atoms with Gasteiger partial charge in [-0.3, -0.25) is 14.7 Å². The van der Waals surface area contributed by atoms with Crippen LogP contribution in [0.3, 0.4) is 0 Å². The van der Waals surface area contributed by atoms with E-state index in [9.17, 15) is 36.2 Å². The highest BCUT2D eigenvalue weighted by molar-refractivity contribution is 5.95. The number of hydrogen-bond donors (Lipinski definition) is 2. The summed E-state index contributed by atoms with van der Waals surface area (Å²) in [6.45, 7) is 1.44. The summed E-state index contributed by atoms with van der Waals surface area (Å²) in [4.78, 5) is 20.8. The molecule has 40 heavy (non-hydrogen) atoms. The molecule has 1 amide bonds. The van der Waals surface area contributed by atoms with Crippen molar-refractivity contribution in [1.29, 1.82) is 0 Å². The van der Waals surface area contributed by atoms with E-state index in [0.717, 1.165) is 41.5 Å².